The number of carbonyl (C=O) groups is 2. The number of aryl methyl sites for hydroxylation is 1. The zero-order valence-corrected chi connectivity index (χ0v) is 14.9. The smallest absolute Gasteiger partial charge is 0.256 e. The molecule has 2 aromatic rings. The maximum Gasteiger partial charge on any atom is 0.256 e. The van der Waals surface area contributed by atoms with Crippen LogP contribution in [0.5, 0.6) is 0 Å². The summed E-state index contributed by atoms with van der Waals surface area (Å²) in [5, 5.41) is 6.60. The number of amides is 2. The van der Waals surface area contributed by atoms with Gasteiger partial charge in [0.25, 0.3) is 11.8 Å². The van der Waals surface area contributed by atoms with Gasteiger partial charge >= 0.3 is 0 Å². The summed E-state index contributed by atoms with van der Waals surface area (Å²) in [6.07, 6.45) is 2.14. The number of hydrogen-bond donors (Lipinski definition) is 1. The van der Waals surface area contributed by atoms with Crippen LogP contribution in [-0.2, 0) is 0 Å². The fourth-order valence-corrected chi connectivity index (χ4v) is 3.56. The van der Waals surface area contributed by atoms with Gasteiger partial charge in [-0.3, -0.25) is 9.59 Å². The Morgan fingerprint density at radius 2 is 1.92 bits per heavy atom. The van der Waals surface area contributed by atoms with Crippen molar-refractivity contribution in [2.75, 3.05) is 18.4 Å². The molecule has 1 aliphatic heterocycles. The second kappa shape index (κ2) is 7.18. The molecule has 2 heterocycles. The van der Waals surface area contributed by atoms with E-state index in [4.69, 9.17) is 0 Å². The molecule has 1 fully saturated rings. The molecule has 1 saturated heterocycles. The number of nitrogens with zero attached hydrogens (tertiary/aromatic N) is 1. The van der Waals surface area contributed by atoms with Gasteiger partial charge in [0.15, 0.2) is 0 Å². The van der Waals surface area contributed by atoms with Crippen LogP contribution in [0.2, 0.25) is 0 Å². The summed E-state index contributed by atoms with van der Waals surface area (Å²) in [5.74, 6) is 0.662. The number of anilines is 1. The van der Waals surface area contributed by atoms with E-state index in [1.54, 1.807) is 12.1 Å². The van der Waals surface area contributed by atoms with Crippen LogP contribution < -0.4 is 5.32 Å². The summed E-state index contributed by atoms with van der Waals surface area (Å²) in [4.78, 5) is 26.7. The number of piperidine rings is 1. The van der Waals surface area contributed by atoms with Gasteiger partial charge in [-0.1, -0.05) is 6.92 Å². The molecule has 24 heavy (non-hydrogen) atoms. The van der Waals surface area contributed by atoms with Gasteiger partial charge in [0.2, 0.25) is 0 Å². The van der Waals surface area contributed by atoms with Crippen LogP contribution >= 0.6 is 11.3 Å². The van der Waals surface area contributed by atoms with Gasteiger partial charge in [-0.25, -0.2) is 0 Å². The third kappa shape index (κ3) is 3.67. The maximum atomic E-state index is 12.6. The minimum atomic E-state index is -0.122. The molecule has 0 aliphatic carbocycles. The Labute approximate surface area is 146 Å². The van der Waals surface area contributed by atoms with Crippen molar-refractivity contribution in [3.05, 3.63) is 51.7 Å². The van der Waals surface area contributed by atoms with E-state index in [9.17, 15) is 9.59 Å². The average Bonchev–Trinajstić information content (AvgIpc) is 3.11. The molecule has 126 valence electrons. The Kier molecular flexibility index (Phi) is 5.00. The number of benzene rings is 1. The lowest BCUT2D eigenvalue weighted by atomic mass is 9.98. The Morgan fingerprint density at radius 3 is 2.54 bits per heavy atom. The maximum absolute atomic E-state index is 12.6. The highest BCUT2D eigenvalue weighted by Crippen LogP contribution is 2.22. The van der Waals surface area contributed by atoms with E-state index in [1.165, 1.54) is 11.3 Å². The molecule has 4 nitrogen and oxygen atoms in total. The number of rotatable bonds is 3. The van der Waals surface area contributed by atoms with Crippen LogP contribution in [0.25, 0.3) is 0 Å². The Balaban J connectivity index is 1.70. The van der Waals surface area contributed by atoms with Crippen LogP contribution in [0.3, 0.4) is 0 Å². The highest BCUT2D eigenvalue weighted by Gasteiger charge is 2.21. The molecule has 2 amide bonds. The van der Waals surface area contributed by atoms with Gasteiger partial charge in [0.1, 0.15) is 0 Å². The first-order valence-electron chi connectivity index (χ1n) is 8.28. The zero-order chi connectivity index (χ0) is 17.1. The topological polar surface area (TPSA) is 49.4 Å². The summed E-state index contributed by atoms with van der Waals surface area (Å²) in [5.41, 5.74) is 2.99. The lowest BCUT2D eigenvalue weighted by molar-refractivity contribution is 0.0697. The third-order valence-electron chi connectivity index (χ3n) is 4.58. The van der Waals surface area contributed by atoms with Crippen molar-refractivity contribution in [3.8, 4) is 0 Å². The summed E-state index contributed by atoms with van der Waals surface area (Å²) in [7, 11) is 0. The van der Waals surface area contributed by atoms with Gasteiger partial charge < -0.3 is 10.2 Å². The molecule has 0 saturated carbocycles. The molecule has 0 spiro atoms. The van der Waals surface area contributed by atoms with E-state index in [1.807, 2.05) is 34.7 Å². The molecular weight excluding hydrogens is 320 g/mol. The van der Waals surface area contributed by atoms with E-state index in [0.29, 0.717) is 17.0 Å². The van der Waals surface area contributed by atoms with Crippen molar-refractivity contribution in [2.45, 2.75) is 26.7 Å². The molecule has 1 aromatic heterocycles. The fourth-order valence-electron chi connectivity index (χ4n) is 2.92. The van der Waals surface area contributed by atoms with Crippen LogP contribution in [0.1, 0.15) is 46.0 Å². The number of carbonyl (C=O) groups excluding carboxylic acids is 2. The van der Waals surface area contributed by atoms with Crippen LogP contribution in [-0.4, -0.2) is 29.8 Å². The number of likely N-dealkylation sites (tertiary alicyclic amines) is 1. The first-order valence-corrected chi connectivity index (χ1v) is 9.22. The minimum Gasteiger partial charge on any atom is -0.339 e. The van der Waals surface area contributed by atoms with E-state index in [0.717, 1.165) is 37.2 Å². The van der Waals surface area contributed by atoms with E-state index in [-0.39, 0.29) is 11.8 Å². The Bertz CT molecular complexity index is 732. The molecule has 0 unspecified atom stereocenters. The number of hydrogen-bond acceptors (Lipinski definition) is 3. The second-order valence-corrected chi connectivity index (χ2v) is 7.25. The van der Waals surface area contributed by atoms with Crippen molar-refractivity contribution in [2.24, 2.45) is 5.92 Å². The highest BCUT2D eigenvalue weighted by molar-refractivity contribution is 7.08. The van der Waals surface area contributed by atoms with Crippen molar-refractivity contribution in [3.63, 3.8) is 0 Å². The van der Waals surface area contributed by atoms with E-state index in [2.05, 4.69) is 12.2 Å². The lowest BCUT2D eigenvalue weighted by Crippen LogP contribution is -2.37. The first-order chi connectivity index (χ1) is 11.5. The zero-order valence-electron chi connectivity index (χ0n) is 14.0. The third-order valence-corrected chi connectivity index (χ3v) is 5.26. The monoisotopic (exact) mass is 342 g/mol. The molecule has 1 N–H and O–H groups in total. The first kappa shape index (κ1) is 16.7. The molecular formula is C19H22N2O2S. The van der Waals surface area contributed by atoms with E-state index < -0.39 is 0 Å². The molecule has 0 radical (unpaired) electrons. The highest BCUT2D eigenvalue weighted by atomic mass is 32.1. The SMILES string of the molecule is Cc1cc(C(=O)N2CCC(C)CC2)ccc1NC(=O)c1ccsc1. The molecule has 3 rings (SSSR count). The standard InChI is InChI=1S/C19H22N2O2S/c1-13-5-8-21(9-6-13)19(23)15-3-4-17(14(2)11-15)20-18(22)16-7-10-24-12-16/h3-4,7,10-13H,5-6,8-9H2,1-2H3,(H,20,22). The summed E-state index contributed by atoms with van der Waals surface area (Å²) in [6.45, 7) is 5.81. The normalized spacial score (nSPS) is 15.3. The Morgan fingerprint density at radius 1 is 1.17 bits per heavy atom. The Hall–Kier alpha value is -2.14. The molecule has 5 heteroatoms. The molecule has 0 bridgehead atoms. The van der Waals surface area contributed by atoms with Gasteiger partial charge in [-0.15, -0.1) is 0 Å². The van der Waals surface area contributed by atoms with Crippen molar-refractivity contribution >= 4 is 28.8 Å². The quantitative estimate of drug-likeness (QED) is 0.909. The van der Waals surface area contributed by atoms with Gasteiger partial charge in [0, 0.05) is 29.7 Å². The fraction of sp³-hybridized carbons (Fsp3) is 0.368. The molecule has 1 aromatic carbocycles. The van der Waals surface area contributed by atoms with Crippen LogP contribution in [0, 0.1) is 12.8 Å². The summed E-state index contributed by atoms with van der Waals surface area (Å²) < 4.78 is 0. The summed E-state index contributed by atoms with van der Waals surface area (Å²) in [6, 6.07) is 7.28. The largest absolute Gasteiger partial charge is 0.339 e. The number of nitrogens with one attached hydrogen (secondary N) is 1. The lowest BCUT2D eigenvalue weighted by Gasteiger charge is -2.30. The van der Waals surface area contributed by atoms with Gasteiger partial charge in [-0.05, 0) is 60.9 Å². The van der Waals surface area contributed by atoms with Crippen LogP contribution in [0.4, 0.5) is 5.69 Å². The predicted octanol–water partition coefficient (Wildman–Crippen LogP) is 4.18. The average molecular weight is 342 g/mol. The van der Waals surface area contributed by atoms with E-state index >= 15 is 0 Å². The van der Waals surface area contributed by atoms with Crippen molar-refractivity contribution in [1.82, 2.24) is 4.90 Å². The molecule has 1 aliphatic rings. The summed E-state index contributed by atoms with van der Waals surface area (Å²) >= 11 is 1.49. The van der Waals surface area contributed by atoms with Crippen LogP contribution in [0.15, 0.2) is 35.0 Å². The molecule has 0 atom stereocenters. The van der Waals surface area contributed by atoms with Crippen molar-refractivity contribution < 1.29 is 9.59 Å². The van der Waals surface area contributed by atoms with Crippen molar-refractivity contribution in [1.29, 1.82) is 0 Å². The predicted molar refractivity (Wildman–Crippen MR) is 97.8 cm³/mol. The number of thiophene rings is 1. The second-order valence-electron chi connectivity index (χ2n) is 6.47. The minimum absolute atomic E-state index is 0.0840. The van der Waals surface area contributed by atoms with Gasteiger partial charge in [0.05, 0.1) is 5.56 Å². The van der Waals surface area contributed by atoms with Gasteiger partial charge in [-0.2, -0.15) is 11.3 Å².